The van der Waals surface area contributed by atoms with Gasteiger partial charge in [0.15, 0.2) is 0 Å². The highest BCUT2D eigenvalue weighted by Gasteiger charge is 2.28. The number of rotatable bonds is 6. The van der Waals surface area contributed by atoms with E-state index in [2.05, 4.69) is 29.6 Å². The van der Waals surface area contributed by atoms with Gasteiger partial charge in [-0.05, 0) is 46.4 Å². The summed E-state index contributed by atoms with van der Waals surface area (Å²) in [6, 6.07) is 22.6. The Bertz CT molecular complexity index is 1130. The Labute approximate surface area is 180 Å². The highest BCUT2D eigenvalue weighted by atomic mass is 19.1. The van der Waals surface area contributed by atoms with Crippen LogP contribution in [0.15, 0.2) is 72.8 Å². The van der Waals surface area contributed by atoms with Crippen molar-refractivity contribution < 1.29 is 13.9 Å². The predicted octanol–water partition coefficient (Wildman–Crippen LogP) is 5.64. The van der Waals surface area contributed by atoms with Gasteiger partial charge >= 0.3 is 6.09 Å². The molecule has 1 aliphatic carbocycles. The summed E-state index contributed by atoms with van der Waals surface area (Å²) in [4.78, 5) is 12.1. The molecular weight excluding hydrogens is 391 g/mol. The molecule has 1 N–H and O–H groups in total. The summed E-state index contributed by atoms with van der Waals surface area (Å²) in [6.45, 7) is 0.696. The van der Waals surface area contributed by atoms with Crippen LogP contribution in [0, 0.1) is 17.1 Å². The van der Waals surface area contributed by atoms with Crippen LogP contribution < -0.4 is 5.32 Å². The van der Waals surface area contributed by atoms with Gasteiger partial charge < -0.3 is 10.1 Å². The summed E-state index contributed by atoms with van der Waals surface area (Å²) in [5.41, 5.74) is 5.49. The van der Waals surface area contributed by atoms with E-state index in [0.29, 0.717) is 13.0 Å². The Balaban J connectivity index is 1.27. The summed E-state index contributed by atoms with van der Waals surface area (Å²) in [6.07, 6.45) is 3.78. The quantitative estimate of drug-likeness (QED) is 0.533. The fourth-order valence-corrected chi connectivity index (χ4v) is 3.86. The number of nitriles is 1. The maximum Gasteiger partial charge on any atom is 0.407 e. The molecule has 0 fully saturated rings. The van der Waals surface area contributed by atoms with E-state index in [-0.39, 0.29) is 18.1 Å². The molecule has 154 valence electrons. The third kappa shape index (κ3) is 4.49. The van der Waals surface area contributed by atoms with Gasteiger partial charge in [0, 0.05) is 12.5 Å². The van der Waals surface area contributed by atoms with Crippen molar-refractivity contribution in [1.29, 1.82) is 5.26 Å². The third-order valence-corrected chi connectivity index (χ3v) is 5.35. The number of halogens is 1. The van der Waals surface area contributed by atoms with E-state index >= 15 is 0 Å². The number of nitrogens with one attached hydrogen (secondary N) is 1. The van der Waals surface area contributed by atoms with Crippen LogP contribution in [0.5, 0.6) is 0 Å². The van der Waals surface area contributed by atoms with E-state index in [1.54, 1.807) is 12.1 Å². The van der Waals surface area contributed by atoms with Gasteiger partial charge in [-0.1, -0.05) is 66.7 Å². The number of ether oxygens (including phenoxy) is 1. The lowest BCUT2D eigenvalue weighted by atomic mass is 9.98. The molecule has 0 radical (unpaired) electrons. The molecule has 0 saturated heterocycles. The maximum absolute atomic E-state index is 13.3. The van der Waals surface area contributed by atoms with E-state index in [1.807, 2.05) is 36.4 Å². The zero-order valence-electron chi connectivity index (χ0n) is 16.8. The molecule has 0 bridgehead atoms. The van der Waals surface area contributed by atoms with E-state index < -0.39 is 11.9 Å². The van der Waals surface area contributed by atoms with Crippen molar-refractivity contribution in [3.63, 3.8) is 0 Å². The SMILES string of the molecule is N#Cc1cc(C=CCCNC(=O)OCC2c3ccccc3-c3ccccc32)ccc1F. The Morgan fingerprint density at radius 1 is 1.06 bits per heavy atom. The van der Waals surface area contributed by atoms with Crippen LogP contribution in [0.2, 0.25) is 0 Å². The number of alkyl carbamates (subject to hydrolysis) is 1. The van der Waals surface area contributed by atoms with Gasteiger partial charge in [0.05, 0.1) is 5.56 Å². The highest BCUT2D eigenvalue weighted by Crippen LogP contribution is 2.44. The molecule has 0 aliphatic heterocycles. The fourth-order valence-electron chi connectivity index (χ4n) is 3.86. The van der Waals surface area contributed by atoms with Gasteiger partial charge in [-0.2, -0.15) is 5.26 Å². The van der Waals surface area contributed by atoms with Crippen molar-refractivity contribution in [3.05, 3.63) is 101 Å². The third-order valence-electron chi connectivity index (χ3n) is 5.35. The molecule has 4 nitrogen and oxygen atoms in total. The molecule has 1 amide bonds. The number of benzene rings is 3. The van der Waals surface area contributed by atoms with E-state index in [9.17, 15) is 9.18 Å². The number of fused-ring (bicyclic) bond motifs is 3. The molecule has 0 heterocycles. The van der Waals surface area contributed by atoms with Gasteiger partial charge in [-0.25, -0.2) is 9.18 Å². The van der Waals surface area contributed by atoms with Crippen molar-refractivity contribution in [2.45, 2.75) is 12.3 Å². The van der Waals surface area contributed by atoms with Gasteiger partial charge in [0.2, 0.25) is 0 Å². The molecule has 5 heteroatoms. The van der Waals surface area contributed by atoms with Crippen LogP contribution in [-0.2, 0) is 4.74 Å². The van der Waals surface area contributed by atoms with Gasteiger partial charge in [0.1, 0.15) is 18.5 Å². The fraction of sp³-hybridized carbons (Fsp3) is 0.154. The van der Waals surface area contributed by atoms with Gasteiger partial charge in [0.25, 0.3) is 0 Å². The Kier molecular flexibility index (Phi) is 6.09. The molecule has 0 atom stereocenters. The lowest BCUT2D eigenvalue weighted by Gasteiger charge is -2.14. The molecule has 4 rings (SSSR count). The van der Waals surface area contributed by atoms with E-state index in [4.69, 9.17) is 10.00 Å². The average Bonchev–Trinajstić information content (AvgIpc) is 3.12. The molecule has 3 aromatic carbocycles. The van der Waals surface area contributed by atoms with Gasteiger partial charge in [-0.3, -0.25) is 0 Å². The monoisotopic (exact) mass is 412 g/mol. The van der Waals surface area contributed by atoms with E-state index in [1.165, 1.54) is 34.4 Å². The van der Waals surface area contributed by atoms with Crippen molar-refractivity contribution >= 4 is 12.2 Å². The topological polar surface area (TPSA) is 62.1 Å². The zero-order chi connectivity index (χ0) is 21.6. The summed E-state index contributed by atoms with van der Waals surface area (Å²) >= 11 is 0. The molecule has 1 aliphatic rings. The Morgan fingerprint density at radius 3 is 2.42 bits per heavy atom. The van der Waals surface area contributed by atoms with Crippen LogP contribution >= 0.6 is 0 Å². The number of nitrogens with zero attached hydrogens (tertiary/aromatic N) is 1. The summed E-state index contributed by atoms with van der Waals surface area (Å²) in [5.74, 6) is -0.498. The first-order valence-corrected chi connectivity index (χ1v) is 10.1. The Morgan fingerprint density at radius 2 is 1.74 bits per heavy atom. The number of carbonyl (C=O) groups excluding carboxylic acids is 1. The minimum absolute atomic E-state index is 0.0129. The number of hydrogen-bond donors (Lipinski definition) is 1. The number of hydrogen-bond acceptors (Lipinski definition) is 3. The van der Waals surface area contributed by atoms with E-state index in [0.717, 1.165) is 5.56 Å². The first-order valence-electron chi connectivity index (χ1n) is 10.1. The zero-order valence-corrected chi connectivity index (χ0v) is 16.8. The van der Waals surface area contributed by atoms with Crippen molar-refractivity contribution in [3.8, 4) is 17.2 Å². The van der Waals surface area contributed by atoms with Gasteiger partial charge in [-0.15, -0.1) is 0 Å². The number of amides is 1. The van der Waals surface area contributed by atoms with Crippen LogP contribution in [0.1, 0.15) is 34.6 Å². The number of carbonyl (C=O) groups is 1. The van der Waals surface area contributed by atoms with Crippen molar-refractivity contribution in [2.75, 3.05) is 13.2 Å². The van der Waals surface area contributed by atoms with Crippen LogP contribution in [0.3, 0.4) is 0 Å². The molecule has 0 spiro atoms. The molecular formula is C26H21FN2O2. The van der Waals surface area contributed by atoms with Crippen molar-refractivity contribution in [1.82, 2.24) is 5.32 Å². The molecule has 3 aromatic rings. The minimum Gasteiger partial charge on any atom is -0.449 e. The summed E-state index contributed by atoms with van der Waals surface area (Å²) in [5, 5.41) is 11.6. The largest absolute Gasteiger partial charge is 0.449 e. The standard InChI is InChI=1S/C26H21FN2O2/c27-25-13-12-18(15-19(25)16-28)7-5-6-14-29-26(30)31-17-24-22-10-3-1-8-20(22)21-9-2-4-11-23(21)24/h1-5,7-13,15,24H,6,14,17H2,(H,29,30). The summed E-state index contributed by atoms with van der Waals surface area (Å²) < 4.78 is 18.8. The predicted molar refractivity (Wildman–Crippen MR) is 118 cm³/mol. The second-order valence-corrected chi connectivity index (χ2v) is 7.29. The van der Waals surface area contributed by atoms with Crippen LogP contribution in [0.4, 0.5) is 9.18 Å². The maximum atomic E-state index is 13.3. The average molecular weight is 412 g/mol. The smallest absolute Gasteiger partial charge is 0.407 e. The van der Waals surface area contributed by atoms with Crippen molar-refractivity contribution in [2.24, 2.45) is 0 Å². The minimum atomic E-state index is -0.531. The second-order valence-electron chi connectivity index (χ2n) is 7.29. The highest BCUT2D eigenvalue weighted by molar-refractivity contribution is 5.79. The second kappa shape index (κ2) is 9.27. The van der Waals surface area contributed by atoms with Crippen LogP contribution in [-0.4, -0.2) is 19.2 Å². The first-order chi connectivity index (χ1) is 15.2. The lowest BCUT2D eigenvalue weighted by Crippen LogP contribution is -2.26. The normalized spacial score (nSPS) is 12.3. The molecule has 0 saturated carbocycles. The lowest BCUT2D eigenvalue weighted by molar-refractivity contribution is 0.143. The van der Waals surface area contributed by atoms with Crippen LogP contribution in [0.25, 0.3) is 17.2 Å². The first kappa shape index (κ1) is 20.4. The molecule has 0 unspecified atom stereocenters. The Hall–Kier alpha value is -3.91. The summed E-state index contributed by atoms with van der Waals surface area (Å²) in [7, 11) is 0. The molecule has 0 aromatic heterocycles. The molecule has 31 heavy (non-hydrogen) atoms.